The molecule has 3 atom stereocenters. The van der Waals surface area contributed by atoms with E-state index >= 15 is 0 Å². The minimum absolute atomic E-state index is 0.0289. The minimum atomic E-state index is -4.70. The van der Waals surface area contributed by atoms with Crippen LogP contribution in [-0.4, -0.2) is 69.4 Å². The monoisotopic (exact) mass is 1040 g/mol. The van der Waals surface area contributed by atoms with E-state index in [0.29, 0.717) is 23.9 Å². The molecule has 9 nitrogen and oxygen atoms in total. The summed E-state index contributed by atoms with van der Waals surface area (Å²) in [6.45, 7) is 6.70. The van der Waals surface area contributed by atoms with Gasteiger partial charge in [-0.1, -0.05) is 241 Å². The Morgan fingerprint density at radius 2 is 0.877 bits per heavy atom. The molecule has 0 radical (unpaired) electrons. The largest absolute Gasteiger partial charge is 0.756 e. The maximum atomic E-state index is 13.5. The lowest BCUT2D eigenvalue weighted by Crippen LogP contribution is -2.47. The Bertz CT molecular complexity index is 1530. The van der Waals surface area contributed by atoms with Gasteiger partial charge in [0.15, 0.2) is 0 Å². The van der Waals surface area contributed by atoms with Gasteiger partial charge in [-0.3, -0.25) is 14.2 Å². The van der Waals surface area contributed by atoms with E-state index in [2.05, 4.69) is 99.0 Å². The van der Waals surface area contributed by atoms with Crippen molar-refractivity contribution in [2.75, 3.05) is 40.9 Å². The zero-order chi connectivity index (χ0) is 53.6. The number of nitrogens with one attached hydrogen (secondary N) is 1. The normalized spacial score (nSPS) is 14.3. The van der Waals surface area contributed by atoms with Crippen LogP contribution in [0.25, 0.3) is 0 Å². The van der Waals surface area contributed by atoms with E-state index in [-0.39, 0.29) is 24.9 Å². The van der Waals surface area contributed by atoms with Crippen LogP contribution in [0.5, 0.6) is 0 Å². The average Bonchev–Trinajstić information content (AvgIpc) is 3.35. The molecular weight excluding hydrogens is 928 g/mol. The van der Waals surface area contributed by atoms with Gasteiger partial charge in [-0.05, 0) is 83.1 Å². The summed E-state index contributed by atoms with van der Waals surface area (Å²) in [6.07, 6.45) is 68.3. The van der Waals surface area contributed by atoms with E-state index < -0.39 is 26.6 Å². The van der Waals surface area contributed by atoms with Gasteiger partial charge in [0.05, 0.1) is 33.8 Å². The first-order valence-electron chi connectivity index (χ1n) is 29.9. The highest BCUT2D eigenvalue weighted by Gasteiger charge is 2.27. The number of hydrogen-bond donors (Lipinski definition) is 1. The van der Waals surface area contributed by atoms with E-state index in [0.717, 1.165) is 103 Å². The summed E-state index contributed by atoms with van der Waals surface area (Å²) in [5, 5.41) is 3.01. The highest BCUT2D eigenvalue weighted by molar-refractivity contribution is 7.45. The molecule has 422 valence electrons. The molecule has 0 aromatic heterocycles. The number of carbonyl (C=O) groups is 2. The SMILES string of the molecule is CC/C=C\C/C=C\C/C=C\C/C=C\C/C=C\C/C=C\CCCCCCC(=O)OC(/C=C\CCCCCCCCCCCCC)C(COP(=O)([O-])OCC[N+](C)(C)C)NC(=O)CCCCCCCCCCCCC. The van der Waals surface area contributed by atoms with Gasteiger partial charge >= 0.3 is 5.97 Å². The number of likely N-dealkylation sites (N-methyl/N-ethyl adjacent to an activating group) is 1. The molecule has 0 spiro atoms. The third kappa shape index (κ3) is 53.8. The first-order valence-corrected chi connectivity index (χ1v) is 31.4. The summed E-state index contributed by atoms with van der Waals surface area (Å²) >= 11 is 0. The first-order chi connectivity index (χ1) is 35.4. The molecule has 0 aromatic carbocycles. The van der Waals surface area contributed by atoms with Gasteiger partial charge in [-0.25, -0.2) is 0 Å². The number of carbonyl (C=O) groups excluding carboxylic acids is 2. The Hall–Kier alpha value is -2.81. The van der Waals surface area contributed by atoms with Gasteiger partial charge in [0, 0.05) is 12.8 Å². The summed E-state index contributed by atoms with van der Waals surface area (Å²) in [6, 6.07) is -0.900. The Morgan fingerprint density at radius 1 is 0.493 bits per heavy atom. The number of nitrogens with zero attached hydrogens (tertiary/aromatic N) is 1. The second-order valence-corrected chi connectivity index (χ2v) is 22.5. The molecule has 0 saturated heterocycles. The molecule has 73 heavy (non-hydrogen) atoms. The molecule has 3 unspecified atom stereocenters. The molecule has 0 aliphatic heterocycles. The van der Waals surface area contributed by atoms with Crippen molar-refractivity contribution in [1.29, 1.82) is 0 Å². The highest BCUT2D eigenvalue weighted by atomic mass is 31.2. The van der Waals surface area contributed by atoms with E-state index in [1.165, 1.54) is 109 Å². The number of hydrogen-bond acceptors (Lipinski definition) is 7. The minimum Gasteiger partial charge on any atom is -0.756 e. The predicted molar refractivity (Wildman–Crippen MR) is 311 cm³/mol. The lowest BCUT2D eigenvalue weighted by atomic mass is 10.0. The summed E-state index contributed by atoms with van der Waals surface area (Å²) in [4.78, 5) is 39.9. The fourth-order valence-electron chi connectivity index (χ4n) is 8.23. The maximum Gasteiger partial charge on any atom is 0.306 e. The quantitative estimate of drug-likeness (QED) is 0.0212. The smallest absolute Gasteiger partial charge is 0.306 e. The zero-order valence-electron chi connectivity index (χ0n) is 48.1. The number of unbranched alkanes of at least 4 members (excludes halogenated alkanes) is 25. The molecule has 0 rings (SSSR count). The standard InChI is InChI=1S/C63H113N2O7P/c1-7-10-13-16-19-22-25-27-28-29-30-31-32-33-34-35-36-38-41-44-47-50-53-56-63(67)72-61(54-51-48-45-42-40-37-26-23-20-17-14-11-8-2)60(59-71-73(68,69)70-58-57-65(4,5)6)64-62(66)55-52-49-46-43-39-24-21-18-15-12-9-3/h10,13,19,22,27-28,30-31,33-34,36,38,51,54,60-61H,7-9,11-12,14-18,20-21,23-26,29,32,35,37,39-50,52-53,55-59H2,1-6H3,(H-,64,66,68,69)/b13-10-,22-19-,28-27-,31-30-,34-33-,38-36-,54-51-. The van der Waals surface area contributed by atoms with Gasteiger partial charge in [0.25, 0.3) is 7.82 Å². The molecule has 0 aliphatic carbocycles. The van der Waals surface area contributed by atoms with Crippen LogP contribution in [0.4, 0.5) is 0 Å². The van der Waals surface area contributed by atoms with Crippen molar-refractivity contribution < 1.29 is 37.3 Å². The van der Waals surface area contributed by atoms with Crippen LogP contribution >= 0.6 is 7.82 Å². The number of amides is 1. The summed E-state index contributed by atoms with van der Waals surface area (Å²) < 4.78 is 30.2. The van der Waals surface area contributed by atoms with Crippen LogP contribution in [0.15, 0.2) is 85.1 Å². The number of phosphoric ester groups is 1. The van der Waals surface area contributed by atoms with E-state index in [1.807, 2.05) is 33.3 Å². The Balaban J connectivity index is 5.30. The van der Waals surface area contributed by atoms with Crippen molar-refractivity contribution in [3.8, 4) is 0 Å². The highest BCUT2D eigenvalue weighted by Crippen LogP contribution is 2.38. The van der Waals surface area contributed by atoms with Gasteiger partial charge in [0.1, 0.15) is 19.3 Å². The van der Waals surface area contributed by atoms with Crippen molar-refractivity contribution in [2.45, 2.75) is 264 Å². The zero-order valence-corrected chi connectivity index (χ0v) is 49.0. The van der Waals surface area contributed by atoms with Crippen molar-refractivity contribution in [3.63, 3.8) is 0 Å². The summed E-state index contributed by atoms with van der Waals surface area (Å²) in [5.74, 6) is -0.571. The van der Waals surface area contributed by atoms with Crippen LogP contribution in [0, 0.1) is 0 Å². The van der Waals surface area contributed by atoms with E-state index in [1.54, 1.807) is 0 Å². The van der Waals surface area contributed by atoms with Crippen molar-refractivity contribution >= 4 is 19.7 Å². The van der Waals surface area contributed by atoms with Gasteiger partial charge in [-0.15, -0.1) is 0 Å². The molecule has 0 heterocycles. The van der Waals surface area contributed by atoms with Crippen LogP contribution in [0.3, 0.4) is 0 Å². The number of ether oxygens (including phenoxy) is 1. The van der Waals surface area contributed by atoms with E-state index in [4.69, 9.17) is 13.8 Å². The fourth-order valence-corrected chi connectivity index (χ4v) is 8.95. The molecule has 0 aromatic rings. The number of quaternary nitrogens is 1. The van der Waals surface area contributed by atoms with E-state index in [9.17, 15) is 19.0 Å². The average molecular weight is 1040 g/mol. The molecule has 0 saturated carbocycles. The van der Waals surface area contributed by atoms with Gasteiger partial charge < -0.3 is 28.5 Å². The first kappa shape index (κ1) is 70.2. The Morgan fingerprint density at radius 3 is 1.32 bits per heavy atom. The van der Waals surface area contributed by atoms with Gasteiger partial charge in [0.2, 0.25) is 5.91 Å². The lowest BCUT2D eigenvalue weighted by molar-refractivity contribution is -0.870. The Labute approximate surface area is 450 Å². The molecular formula is C63H113N2O7P. The number of allylic oxidation sites excluding steroid dienone is 13. The Kier molecular flexibility index (Phi) is 50.6. The van der Waals surface area contributed by atoms with Crippen molar-refractivity contribution in [2.24, 2.45) is 0 Å². The fraction of sp³-hybridized carbons (Fsp3) is 0.746. The predicted octanol–water partition coefficient (Wildman–Crippen LogP) is 17.6. The number of esters is 1. The molecule has 10 heteroatoms. The van der Waals surface area contributed by atoms with Crippen LogP contribution in [-0.2, 0) is 27.9 Å². The molecule has 0 fully saturated rings. The number of rotatable bonds is 53. The summed E-state index contributed by atoms with van der Waals surface area (Å²) in [7, 11) is 1.16. The molecule has 1 amide bonds. The maximum absolute atomic E-state index is 13.5. The second-order valence-electron chi connectivity index (χ2n) is 21.1. The van der Waals surface area contributed by atoms with Crippen LogP contribution < -0.4 is 10.2 Å². The number of phosphoric acid groups is 1. The third-order valence-electron chi connectivity index (χ3n) is 12.8. The molecule has 0 aliphatic rings. The molecule has 1 N–H and O–H groups in total. The van der Waals surface area contributed by atoms with Crippen molar-refractivity contribution in [3.05, 3.63) is 85.1 Å². The van der Waals surface area contributed by atoms with Crippen LogP contribution in [0.2, 0.25) is 0 Å². The summed E-state index contributed by atoms with van der Waals surface area (Å²) in [5.41, 5.74) is 0. The topological polar surface area (TPSA) is 114 Å². The van der Waals surface area contributed by atoms with Gasteiger partial charge in [-0.2, -0.15) is 0 Å². The van der Waals surface area contributed by atoms with Crippen LogP contribution in [0.1, 0.15) is 252 Å². The second kappa shape index (κ2) is 52.6. The lowest BCUT2D eigenvalue weighted by Gasteiger charge is -2.30. The van der Waals surface area contributed by atoms with Crippen molar-refractivity contribution in [1.82, 2.24) is 5.32 Å². The molecule has 0 bridgehead atoms. The third-order valence-corrected chi connectivity index (χ3v) is 13.8.